The van der Waals surface area contributed by atoms with Gasteiger partial charge in [-0.05, 0) is 25.7 Å². The fourth-order valence-electron chi connectivity index (χ4n) is 2.19. The van der Waals surface area contributed by atoms with E-state index in [0.29, 0.717) is 19.6 Å². The molecule has 2 fully saturated rings. The molecule has 0 bridgehead atoms. The van der Waals surface area contributed by atoms with E-state index in [1.807, 2.05) is 0 Å². The number of hydrogen-bond donors (Lipinski definition) is 2. The Morgan fingerprint density at radius 3 is 2.50 bits per heavy atom. The lowest BCUT2D eigenvalue weighted by Gasteiger charge is -2.26. The summed E-state index contributed by atoms with van der Waals surface area (Å²) in [5, 5.41) is 11.4. The van der Waals surface area contributed by atoms with Crippen LogP contribution in [-0.2, 0) is 10.2 Å². The Balaban J connectivity index is 2.04. The Bertz CT molecular complexity index is 413. The second-order valence-corrected chi connectivity index (χ2v) is 6.68. The number of nitrogens with zero attached hydrogens (tertiary/aromatic N) is 3. The fraction of sp³-hybridized carbons (Fsp3) is 0.900. The van der Waals surface area contributed by atoms with Crippen LogP contribution in [0.25, 0.3) is 0 Å². The third-order valence-corrected chi connectivity index (χ3v) is 5.45. The van der Waals surface area contributed by atoms with E-state index in [1.54, 1.807) is 0 Å². The van der Waals surface area contributed by atoms with E-state index in [-0.39, 0.29) is 18.3 Å². The molecule has 1 aliphatic carbocycles. The Morgan fingerprint density at radius 2 is 2.00 bits per heavy atom. The Hall–Kier alpha value is -0.860. The van der Waals surface area contributed by atoms with Gasteiger partial charge in [-0.15, -0.1) is 0 Å². The molecule has 0 atom stereocenters. The first-order valence-electron chi connectivity index (χ1n) is 6.29. The van der Waals surface area contributed by atoms with E-state index >= 15 is 0 Å². The van der Waals surface area contributed by atoms with Crippen molar-refractivity contribution in [3.63, 3.8) is 0 Å². The molecule has 2 aliphatic rings. The highest BCUT2D eigenvalue weighted by Crippen LogP contribution is 2.31. The number of rotatable bonds is 6. The van der Waals surface area contributed by atoms with Gasteiger partial charge in [0.2, 0.25) is 0 Å². The molecule has 0 amide bonds. The molecule has 0 unspecified atom stereocenters. The molecule has 7 nitrogen and oxygen atoms in total. The molecular formula is C10H20N4O3S. The lowest BCUT2D eigenvalue weighted by Crippen LogP contribution is -2.44. The summed E-state index contributed by atoms with van der Waals surface area (Å²) in [6.45, 7) is 1.50. The minimum absolute atomic E-state index is 0.0669. The maximum Gasteiger partial charge on any atom is 0.282 e. The van der Waals surface area contributed by atoms with Crippen molar-refractivity contribution in [3.05, 3.63) is 0 Å². The van der Waals surface area contributed by atoms with Gasteiger partial charge in [0.15, 0.2) is 0 Å². The molecule has 0 spiro atoms. The molecule has 8 heteroatoms. The van der Waals surface area contributed by atoms with Crippen LogP contribution in [0.1, 0.15) is 32.1 Å². The zero-order valence-corrected chi connectivity index (χ0v) is 11.1. The van der Waals surface area contributed by atoms with Gasteiger partial charge in [0.1, 0.15) is 5.84 Å². The van der Waals surface area contributed by atoms with Crippen LogP contribution in [0.2, 0.25) is 0 Å². The van der Waals surface area contributed by atoms with Gasteiger partial charge in [-0.3, -0.25) is 0 Å². The zero-order valence-electron chi connectivity index (χ0n) is 10.3. The molecule has 3 N–H and O–H groups in total. The van der Waals surface area contributed by atoms with Crippen LogP contribution < -0.4 is 5.73 Å². The molecular weight excluding hydrogens is 256 g/mol. The van der Waals surface area contributed by atoms with Crippen LogP contribution in [0.5, 0.6) is 0 Å². The number of amidine groups is 1. The predicted octanol–water partition coefficient (Wildman–Crippen LogP) is -0.0721. The standard InChI is InChI=1S/C10H20N4O3S/c11-10(12-15)5-8-14(9-3-4-9)18(16,17)13-6-1-2-7-13/h9,15H,1-8H2,(H2,11,12). The third-order valence-electron chi connectivity index (χ3n) is 3.36. The smallest absolute Gasteiger partial charge is 0.282 e. The van der Waals surface area contributed by atoms with Gasteiger partial charge in [0, 0.05) is 32.1 Å². The first-order chi connectivity index (χ1) is 8.55. The van der Waals surface area contributed by atoms with Crippen LogP contribution in [-0.4, -0.2) is 53.7 Å². The molecule has 0 aromatic rings. The summed E-state index contributed by atoms with van der Waals surface area (Å²) in [5.41, 5.74) is 5.40. The summed E-state index contributed by atoms with van der Waals surface area (Å²) in [4.78, 5) is 0. The van der Waals surface area contributed by atoms with Crippen molar-refractivity contribution < 1.29 is 13.6 Å². The van der Waals surface area contributed by atoms with Gasteiger partial charge < -0.3 is 10.9 Å². The van der Waals surface area contributed by atoms with Gasteiger partial charge in [0.05, 0.1) is 0 Å². The molecule has 2 rings (SSSR count). The van der Waals surface area contributed by atoms with Gasteiger partial charge in [-0.25, -0.2) is 0 Å². The van der Waals surface area contributed by atoms with Crippen molar-refractivity contribution in [1.82, 2.24) is 8.61 Å². The fourth-order valence-corrected chi connectivity index (χ4v) is 4.12. The molecule has 18 heavy (non-hydrogen) atoms. The highest BCUT2D eigenvalue weighted by atomic mass is 32.2. The summed E-state index contributed by atoms with van der Waals surface area (Å²) < 4.78 is 27.9. The maximum atomic E-state index is 12.4. The Labute approximate surface area is 107 Å². The average molecular weight is 276 g/mol. The minimum atomic E-state index is -3.37. The summed E-state index contributed by atoms with van der Waals surface area (Å²) in [6, 6.07) is 0.0992. The topological polar surface area (TPSA) is 99.2 Å². The van der Waals surface area contributed by atoms with Gasteiger partial charge in [-0.1, -0.05) is 5.16 Å². The molecule has 104 valence electrons. The van der Waals surface area contributed by atoms with Crippen molar-refractivity contribution in [2.75, 3.05) is 19.6 Å². The summed E-state index contributed by atoms with van der Waals surface area (Å²) in [5.74, 6) is 0.0669. The SMILES string of the molecule is NC(CCN(C1CC1)S(=O)(=O)N1CCCC1)=NO. The molecule has 1 aliphatic heterocycles. The van der Waals surface area contributed by atoms with Crippen molar-refractivity contribution >= 4 is 16.0 Å². The lowest BCUT2D eigenvalue weighted by atomic mass is 10.4. The molecule has 0 aromatic carbocycles. The first-order valence-corrected chi connectivity index (χ1v) is 7.68. The summed E-state index contributed by atoms with van der Waals surface area (Å²) in [7, 11) is -3.37. The minimum Gasteiger partial charge on any atom is -0.409 e. The normalized spacial score (nSPS) is 22.8. The third kappa shape index (κ3) is 2.93. The second kappa shape index (κ2) is 5.41. The molecule has 0 radical (unpaired) electrons. The zero-order chi connectivity index (χ0) is 13.2. The number of nitrogens with two attached hydrogens (primary N) is 1. The van der Waals surface area contributed by atoms with Crippen LogP contribution in [0.15, 0.2) is 5.16 Å². The van der Waals surface area contributed by atoms with Crippen LogP contribution in [0, 0.1) is 0 Å². The average Bonchev–Trinajstić information content (AvgIpc) is 3.00. The monoisotopic (exact) mass is 276 g/mol. The lowest BCUT2D eigenvalue weighted by molar-refractivity contribution is 0.314. The largest absolute Gasteiger partial charge is 0.409 e. The van der Waals surface area contributed by atoms with E-state index < -0.39 is 10.2 Å². The number of oxime groups is 1. The van der Waals surface area contributed by atoms with Crippen molar-refractivity contribution in [2.45, 2.75) is 38.1 Å². The molecule has 1 saturated carbocycles. The predicted molar refractivity (Wildman–Crippen MR) is 67.5 cm³/mol. The quantitative estimate of drug-likeness (QED) is 0.307. The highest BCUT2D eigenvalue weighted by molar-refractivity contribution is 7.86. The van der Waals surface area contributed by atoms with E-state index in [4.69, 9.17) is 10.9 Å². The van der Waals surface area contributed by atoms with Crippen molar-refractivity contribution in [1.29, 1.82) is 0 Å². The van der Waals surface area contributed by atoms with E-state index in [1.165, 1.54) is 8.61 Å². The van der Waals surface area contributed by atoms with Gasteiger partial charge >= 0.3 is 0 Å². The maximum absolute atomic E-state index is 12.4. The van der Waals surface area contributed by atoms with Crippen molar-refractivity contribution in [2.24, 2.45) is 10.9 Å². The highest BCUT2D eigenvalue weighted by Gasteiger charge is 2.40. The summed E-state index contributed by atoms with van der Waals surface area (Å²) in [6.07, 6.45) is 3.93. The van der Waals surface area contributed by atoms with Crippen molar-refractivity contribution in [3.8, 4) is 0 Å². The van der Waals surface area contributed by atoms with Gasteiger partial charge in [-0.2, -0.15) is 17.0 Å². The molecule has 1 heterocycles. The first kappa shape index (κ1) is 13.6. The van der Waals surface area contributed by atoms with Gasteiger partial charge in [0.25, 0.3) is 10.2 Å². The van der Waals surface area contributed by atoms with E-state index in [2.05, 4.69) is 5.16 Å². The molecule has 0 aromatic heterocycles. The Morgan fingerprint density at radius 1 is 1.39 bits per heavy atom. The molecule has 1 saturated heterocycles. The van der Waals surface area contributed by atoms with E-state index in [0.717, 1.165) is 25.7 Å². The number of hydrogen-bond acceptors (Lipinski definition) is 4. The van der Waals surface area contributed by atoms with Crippen LogP contribution in [0.3, 0.4) is 0 Å². The summed E-state index contributed by atoms with van der Waals surface area (Å²) >= 11 is 0. The van der Waals surface area contributed by atoms with Crippen LogP contribution in [0.4, 0.5) is 0 Å². The van der Waals surface area contributed by atoms with E-state index in [9.17, 15) is 8.42 Å². The van der Waals surface area contributed by atoms with Crippen LogP contribution >= 0.6 is 0 Å². The second-order valence-electron chi connectivity index (χ2n) is 4.80. The Kier molecular flexibility index (Phi) is 4.08.